The van der Waals surface area contributed by atoms with Crippen molar-refractivity contribution >= 4 is 23.2 Å². The minimum Gasteiger partial charge on any atom is -0.359 e. The Labute approximate surface area is 111 Å². The second kappa shape index (κ2) is 7.52. The van der Waals surface area contributed by atoms with E-state index in [1.165, 1.54) is 0 Å². The van der Waals surface area contributed by atoms with Gasteiger partial charge in [0.2, 0.25) is 0 Å². The third-order valence-electron chi connectivity index (χ3n) is 2.25. The number of halogens is 2. The zero-order chi connectivity index (χ0) is 12.7. The molecule has 5 heteroatoms. The average molecular weight is 274 g/mol. The standard InChI is InChI=1S/C12H13Cl2NO2/c1-16-8-17-5-4-10(7-15)9-2-3-11(13)12(14)6-9/h2-3,6,10H,4-5,8H2,1H3. The molecule has 0 saturated heterocycles. The molecule has 0 N–H and O–H groups in total. The second-order valence-corrected chi connectivity index (χ2v) is 4.27. The van der Waals surface area contributed by atoms with Crippen LogP contribution in [0.5, 0.6) is 0 Å². The minimum atomic E-state index is -0.248. The van der Waals surface area contributed by atoms with E-state index in [0.717, 1.165) is 5.56 Å². The smallest absolute Gasteiger partial charge is 0.146 e. The van der Waals surface area contributed by atoms with Crippen molar-refractivity contribution in [3.63, 3.8) is 0 Å². The highest BCUT2D eigenvalue weighted by molar-refractivity contribution is 6.42. The van der Waals surface area contributed by atoms with Crippen molar-refractivity contribution in [2.24, 2.45) is 0 Å². The van der Waals surface area contributed by atoms with Crippen molar-refractivity contribution in [3.05, 3.63) is 33.8 Å². The van der Waals surface area contributed by atoms with Crippen LogP contribution in [0.1, 0.15) is 17.9 Å². The largest absolute Gasteiger partial charge is 0.359 e. The maximum absolute atomic E-state index is 9.08. The van der Waals surface area contributed by atoms with Crippen molar-refractivity contribution in [3.8, 4) is 6.07 Å². The van der Waals surface area contributed by atoms with Crippen LogP contribution >= 0.6 is 23.2 Å². The molecule has 1 atom stereocenters. The van der Waals surface area contributed by atoms with Crippen LogP contribution in [-0.2, 0) is 9.47 Å². The molecule has 3 nitrogen and oxygen atoms in total. The fourth-order valence-electron chi connectivity index (χ4n) is 1.38. The summed E-state index contributed by atoms with van der Waals surface area (Å²) in [6, 6.07) is 7.43. The van der Waals surface area contributed by atoms with Gasteiger partial charge in [-0.25, -0.2) is 0 Å². The Morgan fingerprint density at radius 2 is 2.12 bits per heavy atom. The lowest BCUT2D eigenvalue weighted by atomic mass is 9.98. The Kier molecular flexibility index (Phi) is 6.31. The second-order valence-electron chi connectivity index (χ2n) is 3.46. The quantitative estimate of drug-likeness (QED) is 0.587. The molecule has 1 aromatic carbocycles. The van der Waals surface area contributed by atoms with Gasteiger partial charge in [-0.05, 0) is 24.1 Å². The summed E-state index contributed by atoms with van der Waals surface area (Å²) in [6.07, 6.45) is 0.595. The van der Waals surface area contributed by atoms with Crippen LogP contribution in [-0.4, -0.2) is 20.5 Å². The van der Waals surface area contributed by atoms with E-state index in [0.29, 0.717) is 23.1 Å². The number of nitrogens with zero attached hydrogens (tertiary/aromatic N) is 1. The van der Waals surface area contributed by atoms with Crippen molar-refractivity contribution in [1.29, 1.82) is 5.26 Å². The molecule has 0 spiro atoms. The minimum absolute atomic E-state index is 0.236. The summed E-state index contributed by atoms with van der Waals surface area (Å²) in [6.45, 7) is 0.700. The van der Waals surface area contributed by atoms with Gasteiger partial charge in [0, 0.05) is 7.11 Å². The van der Waals surface area contributed by atoms with E-state index in [1.54, 1.807) is 25.3 Å². The van der Waals surface area contributed by atoms with Crippen LogP contribution in [0.4, 0.5) is 0 Å². The van der Waals surface area contributed by atoms with E-state index in [4.69, 9.17) is 37.9 Å². The van der Waals surface area contributed by atoms with Crippen LogP contribution in [0.3, 0.4) is 0 Å². The molecule has 0 bridgehead atoms. The Hall–Kier alpha value is -0.790. The third-order valence-corrected chi connectivity index (χ3v) is 2.99. The molecular weight excluding hydrogens is 261 g/mol. The zero-order valence-corrected chi connectivity index (χ0v) is 11.0. The van der Waals surface area contributed by atoms with Crippen molar-refractivity contribution < 1.29 is 9.47 Å². The van der Waals surface area contributed by atoms with Gasteiger partial charge in [0.15, 0.2) is 0 Å². The zero-order valence-electron chi connectivity index (χ0n) is 9.45. The molecule has 0 aliphatic heterocycles. The first kappa shape index (κ1) is 14.3. The highest BCUT2D eigenvalue weighted by Crippen LogP contribution is 2.27. The normalized spacial score (nSPS) is 12.1. The first-order valence-electron chi connectivity index (χ1n) is 5.10. The van der Waals surface area contributed by atoms with Gasteiger partial charge in [-0.2, -0.15) is 5.26 Å². The number of benzene rings is 1. The summed E-state index contributed by atoms with van der Waals surface area (Å²) >= 11 is 11.7. The van der Waals surface area contributed by atoms with Crippen LogP contribution < -0.4 is 0 Å². The molecule has 1 rings (SSSR count). The molecule has 0 radical (unpaired) electrons. The molecular formula is C12H13Cl2NO2. The van der Waals surface area contributed by atoms with E-state index >= 15 is 0 Å². The predicted octanol–water partition coefficient (Wildman–Crippen LogP) is 3.61. The van der Waals surface area contributed by atoms with E-state index in [-0.39, 0.29) is 12.7 Å². The highest BCUT2D eigenvalue weighted by atomic mass is 35.5. The number of methoxy groups -OCH3 is 1. The Bertz CT molecular complexity index is 404. The van der Waals surface area contributed by atoms with E-state index in [1.807, 2.05) is 0 Å². The summed E-state index contributed by atoms with van der Waals surface area (Å²) in [4.78, 5) is 0. The lowest BCUT2D eigenvalue weighted by Crippen LogP contribution is -2.04. The van der Waals surface area contributed by atoms with E-state index in [9.17, 15) is 0 Å². The monoisotopic (exact) mass is 273 g/mol. The van der Waals surface area contributed by atoms with Crippen LogP contribution in [0.25, 0.3) is 0 Å². The number of rotatable bonds is 6. The molecule has 0 aliphatic rings. The van der Waals surface area contributed by atoms with Gasteiger partial charge in [-0.1, -0.05) is 29.3 Å². The molecule has 92 valence electrons. The fraction of sp³-hybridized carbons (Fsp3) is 0.417. The highest BCUT2D eigenvalue weighted by Gasteiger charge is 2.12. The fourth-order valence-corrected chi connectivity index (χ4v) is 1.68. The first-order chi connectivity index (χ1) is 8.19. The van der Waals surface area contributed by atoms with Gasteiger partial charge in [0.25, 0.3) is 0 Å². The number of nitriles is 1. The number of hydrogen-bond acceptors (Lipinski definition) is 3. The summed E-state index contributed by atoms with van der Waals surface area (Å²) in [7, 11) is 1.56. The number of hydrogen-bond donors (Lipinski definition) is 0. The molecule has 0 fully saturated rings. The van der Waals surface area contributed by atoms with Gasteiger partial charge in [0.05, 0.1) is 28.6 Å². The van der Waals surface area contributed by atoms with Crippen molar-refractivity contribution in [2.75, 3.05) is 20.5 Å². The summed E-state index contributed by atoms with van der Waals surface area (Å²) in [5.41, 5.74) is 0.850. The van der Waals surface area contributed by atoms with Gasteiger partial charge in [-0.15, -0.1) is 0 Å². The van der Waals surface area contributed by atoms with E-state index in [2.05, 4.69) is 6.07 Å². The topological polar surface area (TPSA) is 42.2 Å². The molecule has 17 heavy (non-hydrogen) atoms. The molecule has 0 saturated carbocycles. The molecule has 0 amide bonds. The molecule has 0 aliphatic carbocycles. The van der Waals surface area contributed by atoms with Crippen molar-refractivity contribution in [1.82, 2.24) is 0 Å². The maximum atomic E-state index is 9.08. The van der Waals surface area contributed by atoms with Crippen LogP contribution in [0, 0.1) is 11.3 Å². The molecule has 0 heterocycles. The van der Waals surface area contributed by atoms with Crippen LogP contribution in [0.2, 0.25) is 10.0 Å². The average Bonchev–Trinajstić information content (AvgIpc) is 2.33. The van der Waals surface area contributed by atoms with Gasteiger partial charge in [-0.3, -0.25) is 0 Å². The van der Waals surface area contributed by atoms with E-state index < -0.39 is 0 Å². The molecule has 1 aromatic rings. The van der Waals surface area contributed by atoms with Gasteiger partial charge in [0.1, 0.15) is 6.79 Å². The summed E-state index contributed by atoms with van der Waals surface area (Å²) < 4.78 is 9.91. The maximum Gasteiger partial charge on any atom is 0.146 e. The lowest BCUT2D eigenvalue weighted by molar-refractivity contribution is -0.0316. The SMILES string of the molecule is COCOCCC(C#N)c1ccc(Cl)c(Cl)c1. The first-order valence-corrected chi connectivity index (χ1v) is 5.86. The van der Waals surface area contributed by atoms with Gasteiger partial charge >= 0.3 is 0 Å². The predicted molar refractivity (Wildman–Crippen MR) is 67.3 cm³/mol. The number of ether oxygens (including phenoxy) is 2. The lowest BCUT2D eigenvalue weighted by Gasteiger charge is -2.10. The third kappa shape index (κ3) is 4.53. The summed E-state index contributed by atoms with van der Waals surface area (Å²) in [5, 5.41) is 10.0. The molecule has 0 aromatic heterocycles. The Morgan fingerprint density at radius 1 is 1.35 bits per heavy atom. The Balaban J connectivity index is 2.61. The summed E-state index contributed by atoms with van der Waals surface area (Å²) in [5.74, 6) is -0.248. The van der Waals surface area contributed by atoms with Gasteiger partial charge < -0.3 is 9.47 Å². The van der Waals surface area contributed by atoms with Crippen LogP contribution in [0.15, 0.2) is 18.2 Å². The van der Waals surface area contributed by atoms with Crippen molar-refractivity contribution in [2.45, 2.75) is 12.3 Å². The Morgan fingerprint density at radius 3 is 2.71 bits per heavy atom. The molecule has 1 unspecified atom stereocenters.